The first-order chi connectivity index (χ1) is 12.4. The highest BCUT2D eigenvalue weighted by atomic mass is 16.6. The maximum atomic E-state index is 11.9. The van der Waals surface area contributed by atoms with E-state index in [1.807, 2.05) is 0 Å². The summed E-state index contributed by atoms with van der Waals surface area (Å²) in [6.45, 7) is 14.3. The molecule has 0 aliphatic heterocycles. The van der Waals surface area contributed by atoms with Crippen LogP contribution in [0, 0.1) is 0 Å². The van der Waals surface area contributed by atoms with E-state index in [0.717, 1.165) is 12.1 Å². The van der Waals surface area contributed by atoms with Gasteiger partial charge < -0.3 is 19.3 Å². The van der Waals surface area contributed by atoms with Crippen LogP contribution in [0.1, 0.15) is 31.1 Å². The summed E-state index contributed by atoms with van der Waals surface area (Å²) in [6.07, 6.45) is 0. The van der Waals surface area contributed by atoms with Crippen LogP contribution in [0.25, 0.3) is 0 Å². The molecule has 0 heterocycles. The topological polar surface area (TPSA) is 116 Å². The molecular weight excluding hydrogens is 356 g/mol. The Bertz CT molecular complexity index is 827. The molecule has 142 valence electrons. The van der Waals surface area contributed by atoms with Gasteiger partial charge in [0.2, 0.25) is 5.75 Å². The third-order valence-electron chi connectivity index (χ3n) is 2.91. The van der Waals surface area contributed by atoms with Gasteiger partial charge >= 0.3 is 23.9 Å². The zero-order valence-electron chi connectivity index (χ0n) is 15.1. The molecule has 0 saturated carbocycles. The summed E-state index contributed by atoms with van der Waals surface area (Å²) in [5.41, 5.74) is -0.354. The molecule has 0 aliphatic rings. The van der Waals surface area contributed by atoms with E-state index in [1.54, 1.807) is 0 Å². The molecule has 0 amide bonds. The van der Waals surface area contributed by atoms with Gasteiger partial charge in [-0.15, -0.1) is 0 Å². The van der Waals surface area contributed by atoms with Crippen LogP contribution >= 0.6 is 0 Å². The highest BCUT2D eigenvalue weighted by Gasteiger charge is 2.25. The fourth-order valence-electron chi connectivity index (χ4n) is 1.51. The quantitative estimate of drug-likeness (QED) is 0.440. The number of carboxylic acid groups (broad SMARTS) is 1. The lowest BCUT2D eigenvalue weighted by molar-refractivity contribution is -0.133. The number of carbonyl (C=O) groups is 4. The van der Waals surface area contributed by atoms with Crippen molar-refractivity contribution in [2.75, 3.05) is 0 Å². The van der Waals surface area contributed by atoms with Gasteiger partial charge in [-0.3, -0.25) is 0 Å². The van der Waals surface area contributed by atoms with E-state index in [9.17, 15) is 24.3 Å². The van der Waals surface area contributed by atoms with E-state index < -0.39 is 41.1 Å². The van der Waals surface area contributed by atoms with Gasteiger partial charge in [-0.25, -0.2) is 19.2 Å². The molecule has 0 radical (unpaired) electrons. The molecule has 27 heavy (non-hydrogen) atoms. The highest BCUT2D eigenvalue weighted by Crippen LogP contribution is 2.40. The minimum absolute atomic E-state index is 0.00617. The van der Waals surface area contributed by atoms with Gasteiger partial charge in [0.05, 0.1) is 5.56 Å². The molecule has 1 N–H and O–H groups in total. The number of hydrogen-bond acceptors (Lipinski definition) is 7. The summed E-state index contributed by atoms with van der Waals surface area (Å²) in [5, 5.41) is 9.24. The second kappa shape index (κ2) is 8.61. The van der Waals surface area contributed by atoms with Crippen LogP contribution in [0.4, 0.5) is 0 Å². The first-order valence-corrected chi connectivity index (χ1v) is 7.48. The Labute approximate surface area is 155 Å². The third-order valence-corrected chi connectivity index (χ3v) is 2.91. The molecule has 0 fully saturated rings. The Morgan fingerprint density at radius 2 is 1.07 bits per heavy atom. The number of carbonyl (C=O) groups excluding carboxylic acids is 3. The van der Waals surface area contributed by atoms with E-state index in [1.165, 1.54) is 20.8 Å². The first kappa shape index (κ1) is 21.4. The van der Waals surface area contributed by atoms with E-state index >= 15 is 0 Å². The molecule has 0 aromatic heterocycles. The predicted octanol–water partition coefficient (Wildman–Crippen LogP) is 2.83. The first-order valence-electron chi connectivity index (χ1n) is 7.48. The van der Waals surface area contributed by atoms with Crippen LogP contribution in [0.2, 0.25) is 0 Å². The average molecular weight is 374 g/mol. The summed E-state index contributed by atoms with van der Waals surface area (Å²) in [4.78, 5) is 47.0. The average Bonchev–Trinajstić information content (AvgIpc) is 2.56. The van der Waals surface area contributed by atoms with Crippen molar-refractivity contribution in [2.45, 2.75) is 20.8 Å². The van der Waals surface area contributed by atoms with Crippen LogP contribution in [0.5, 0.6) is 17.2 Å². The molecule has 0 aliphatic carbocycles. The normalized spacial score (nSPS) is 9.74. The minimum Gasteiger partial charge on any atom is -0.478 e. The Balaban J connectivity index is 3.62. The molecule has 8 heteroatoms. The lowest BCUT2D eigenvalue weighted by atomic mass is 10.1. The lowest BCUT2D eigenvalue weighted by Gasteiger charge is -2.15. The number of esters is 3. The second-order valence-corrected chi connectivity index (χ2v) is 5.62. The number of carboxylic acids is 1. The van der Waals surface area contributed by atoms with Crippen molar-refractivity contribution >= 4 is 23.9 Å². The maximum absolute atomic E-state index is 11.9. The highest BCUT2D eigenvalue weighted by molar-refractivity contribution is 5.95. The second-order valence-electron chi connectivity index (χ2n) is 5.62. The summed E-state index contributed by atoms with van der Waals surface area (Å²) in [5.74, 6) is -5.45. The lowest BCUT2D eigenvalue weighted by Crippen LogP contribution is -2.16. The van der Waals surface area contributed by atoms with Crippen molar-refractivity contribution in [3.8, 4) is 17.2 Å². The maximum Gasteiger partial charge on any atom is 0.338 e. The van der Waals surface area contributed by atoms with Crippen molar-refractivity contribution in [1.29, 1.82) is 0 Å². The van der Waals surface area contributed by atoms with Gasteiger partial charge in [0.25, 0.3) is 0 Å². The monoisotopic (exact) mass is 374 g/mol. The Kier molecular flexibility index (Phi) is 6.82. The molecule has 0 atom stereocenters. The summed E-state index contributed by atoms with van der Waals surface area (Å²) < 4.78 is 15.2. The largest absolute Gasteiger partial charge is 0.478 e. The molecule has 1 rings (SSSR count). The zero-order chi connectivity index (χ0) is 20.9. The summed E-state index contributed by atoms with van der Waals surface area (Å²) in [7, 11) is 0. The fraction of sp³-hybridized carbons (Fsp3) is 0.158. The Morgan fingerprint density at radius 3 is 1.37 bits per heavy atom. The summed E-state index contributed by atoms with van der Waals surface area (Å²) >= 11 is 0. The SMILES string of the molecule is C=C(C)C(=O)Oc1cc(C(=O)O)cc(OC(=O)C(=C)C)c1OC(=O)C(=C)C. The van der Waals surface area contributed by atoms with Crippen molar-refractivity contribution in [2.24, 2.45) is 0 Å². The number of benzene rings is 1. The van der Waals surface area contributed by atoms with E-state index in [4.69, 9.17) is 14.2 Å². The number of hydrogen-bond donors (Lipinski definition) is 1. The van der Waals surface area contributed by atoms with Gasteiger partial charge in [0, 0.05) is 16.7 Å². The molecule has 8 nitrogen and oxygen atoms in total. The van der Waals surface area contributed by atoms with Crippen LogP contribution in [0.3, 0.4) is 0 Å². The molecule has 0 unspecified atom stereocenters. The van der Waals surface area contributed by atoms with Crippen molar-refractivity contribution in [3.05, 3.63) is 54.2 Å². The van der Waals surface area contributed by atoms with E-state index in [2.05, 4.69) is 19.7 Å². The number of rotatable bonds is 7. The minimum atomic E-state index is -1.40. The summed E-state index contributed by atoms with van der Waals surface area (Å²) in [6, 6.07) is 1.89. The van der Waals surface area contributed by atoms with Crippen molar-refractivity contribution in [1.82, 2.24) is 0 Å². The fourth-order valence-corrected chi connectivity index (χ4v) is 1.51. The van der Waals surface area contributed by atoms with Gasteiger partial charge in [-0.05, 0) is 32.9 Å². The smallest absolute Gasteiger partial charge is 0.338 e. The Morgan fingerprint density at radius 1 is 0.741 bits per heavy atom. The number of aromatic carboxylic acids is 1. The van der Waals surface area contributed by atoms with Gasteiger partial charge in [-0.1, -0.05) is 19.7 Å². The molecular formula is C19H18O8. The van der Waals surface area contributed by atoms with Gasteiger partial charge in [-0.2, -0.15) is 0 Å². The van der Waals surface area contributed by atoms with Crippen LogP contribution in [-0.2, 0) is 14.4 Å². The van der Waals surface area contributed by atoms with Crippen molar-refractivity contribution in [3.63, 3.8) is 0 Å². The standard InChI is InChI=1S/C19H18O8/c1-9(2)17(22)25-13-7-12(16(20)21)8-14(26-18(23)10(3)4)15(13)27-19(24)11(5)6/h7-8H,1,3,5H2,2,4,6H3,(H,20,21). The third kappa shape index (κ3) is 5.67. The van der Waals surface area contributed by atoms with Crippen LogP contribution in [-0.4, -0.2) is 29.0 Å². The molecule has 0 bridgehead atoms. The zero-order valence-corrected chi connectivity index (χ0v) is 15.1. The predicted molar refractivity (Wildman–Crippen MR) is 94.7 cm³/mol. The molecule has 0 spiro atoms. The van der Waals surface area contributed by atoms with Crippen molar-refractivity contribution < 1.29 is 38.5 Å². The van der Waals surface area contributed by atoms with Crippen LogP contribution in [0.15, 0.2) is 48.6 Å². The Hall–Kier alpha value is -3.68. The molecule has 1 aromatic carbocycles. The van der Waals surface area contributed by atoms with Gasteiger partial charge in [0.1, 0.15) is 0 Å². The molecule has 1 aromatic rings. The molecule has 0 saturated heterocycles. The van der Waals surface area contributed by atoms with Crippen LogP contribution < -0.4 is 14.2 Å². The van der Waals surface area contributed by atoms with Gasteiger partial charge in [0.15, 0.2) is 11.5 Å². The van der Waals surface area contributed by atoms with E-state index in [-0.39, 0.29) is 22.3 Å². The van der Waals surface area contributed by atoms with E-state index in [0.29, 0.717) is 0 Å². The number of ether oxygens (including phenoxy) is 3.